The third kappa shape index (κ3) is 4.85. The Kier molecular flexibility index (Phi) is 5.93. The fourth-order valence-corrected chi connectivity index (χ4v) is 3.11. The van der Waals surface area contributed by atoms with Crippen LogP contribution in [0.25, 0.3) is 0 Å². The third-order valence-electron chi connectivity index (χ3n) is 4.66. The molecule has 6 heteroatoms. The smallest absolute Gasteiger partial charge is 0.217 e. The second-order valence-electron chi connectivity index (χ2n) is 6.95. The van der Waals surface area contributed by atoms with Crippen LogP contribution >= 0.6 is 0 Å². The molecule has 0 saturated carbocycles. The molecule has 1 aromatic heterocycles. The van der Waals surface area contributed by atoms with E-state index in [0.29, 0.717) is 6.54 Å². The van der Waals surface area contributed by atoms with Gasteiger partial charge in [-0.1, -0.05) is 19.1 Å². The predicted molar refractivity (Wildman–Crippen MR) is 101 cm³/mol. The van der Waals surface area contributed by atoms with E-state index in [-0.39, 0.29) is 12.0 Å². The summed E-state index contributed by atoms with van der Waals surface area (Å²) in [5.74, 6) is 0.911. The number of amides is 1. The lowest BCUT2D eigenvalue weighted by molar-refractivity contribution is -0.119. The van der Waals surface area contributed by atoms with Crippen LogP contribution in [0.3, 0.4) is 0 Å². The van der Waals surface area contributed by atoms with Gasteiger partial charge in [-0.15, -0.1) is 0 Å². The van der Waals surface area contributed by atoms with E-state index in [2.05, 4.69) is 58.1 Å². The third-order valence-corrected chi connectivity index (χ3v) is 4.66. The first-order valence-electron chi connectivity index (χ1n) is 9.31. The van der Waals surface area contributed by atoms with Gasteiger partial charge < -0.3 is 10.1 Å². The van der Waals surface area contributed by atoms with Gasteiger partial charge in [0.25, 0.3) is 0 Å². The van der Waals surface area contributed by atoms with E-state index in [9.17, 15) is 4.79 Å². The topological polar surface area (TPSA) is 59.4 Å². The summed E-state index contributed by atoms with van der Waals surface area (Å²) >= 11 is 0. The van der Waals surface area contributed by atoms with Gasteiger partial charge in [-0.3, -0.25) is 14.4 Å². The molecule has 0 saturated heterocycles. The lowest BCUT2D eigenvalue weighted by Crippen LogP contribution is -2.33. The molecular weight excluding hydrogens is 328 g/mol. The number of carbonyl (C=O) groups is 1. The molecule has 1 aliphatic heterocycles. The second-order valence-corrected chi connectivity index (χ2v) is 6.95. The molecule has 0 spiro atoms. The van der Waals surface area contributed by atoms with E-state index in [1.165, 1.54) is 18.2 Å². The molecule has 2 aromatic rings. The fourth-order valence-electron chi connectivity index (χ4n) is 3.11. The fraction of sp³-hybridized carbons (Fsp3) is 0.500. The molecule has 3 rings (SSSR count). The van der Waals surface area contributed by atoms with Crippen molar-refractivity contribution in [1.29, 1.82) is 0 Å². The van der Waals surface area contributed by atoms with Crippen LogP contribution in [0.2, 0.25) is 0 Å². The highest BCUT2D eigenvalue weighted by Gasteiger charge is 2.18. The molecule has 1 amide bonds. The number of hydrogen-bond donors (Lipinski definition) is 1. The van der Waals surface area contributed by atoms with Crippen molar-refractivity contribution < 1.29 is 9.53 Å². The van der Waals surface area contributed by atoms with Gasteiger partial charge in [-0.2, -0.15) is 5.10 Å². The first-order valence-corrected chi connectivity index (χ1v) is 9.31. The quantitative estimate of drug-likeness (QED) is 0.829. The van der Waals surface area contributed by atoms with Crippen molar-refractivity contribution in [2.24, 2.45) is 0 Å². The summed E-state index contributed by atoms with van der Waals surface area (Å²) < 4.78 is 7.98. The van der Waals surface area contributed by atoms with Gasteiger partial charge in [0.15, 0.2) is 0 Å². The number of fused-ring (bicyclic) bond motifs is 1. The van der Waals surface area contributed by atoms with Crippen molar-refractivity contribution in [2.45, 2.75) is 59.5 Å². The van der Waals surface area contributed by atoms with Crippen molar-refractivity contribution in [1.82, 2.24) is 20.0 Å². The van der Waals surface area contributed by atoms with Crippen molar-refractivity contribution in [3.63, 3.8) is 0 Å². The van der Waals surface area contributed by atoms with Crippen LogP contribution < -0.4 is 10.1 Å². The number of benzene rings is 1. The molecule has 6 nitrogen and oxygen atoms in total. The van der Waals surface area contributed by atoms with E-state index in [1.54, 1.807) is 0 Å². The van der Waals surface area contributed by atoms with Gasteiger partial charge >= 0.3 is 0 Å². The van der Waals surface area contributed by atoms with Crippen molar-refractivity contribution in [3.05, 3.63) is 47.3 Å². The number of hydrogen-bond acceptors (Lipinski definition) is 4. The maximum Gasteiger partial charge on any atom is 0.217 e. The number of ether oxygens (including phenoxy) is 1. The lowest BCUT2D eigenvalue weighted by atomic mass is 10.1. The molecule has 1 atom stereocenters. The molecule has 26 heavy (non-hydrogen) atoms. The number of nitrogens with one attached hydrogen (secondary N) is 1. The molecule has 140 valence electrons. The molecule has 0 aliphatic carbocycles. The van der Waals surface area contributed by atoms with Crippen LogP contribution in [0.4, 0.5) is 0 Å². The Hall–Kier alpha value is -2.34. The first kappa shape index (κ1) is 18.5. The largest absolute Gasteiger partial charge is 0.491 e. The van der Waals surface area contributed by atoms with Crippen molar-refractivity contribution >= 4 is 5.91 Å². The summed E-state index contributed by atoms with van der Waals surface area (Å²) in [6.45, 7) is 9.83. The molecule has 1 N–H and O–H groups in total. The summed E-state index contributed by atoms with van der Waals surface area (Å²) in [5, 5.41) is 7.38. The Balaban J connectivity index is 1.61. The minimum atomic E-state index is -0.0305. The maximum atomic E-state index is 11.1. The van der Waals surface area contributed by atoms with Gasteiger partial charge in [0.1, 0.15) is 5.75 Å². The van der Waals surface area contributed by atoms with Crippen LogP contribution in [-0.4, -0.2) is 33.2 Å². The van der Waals surface area contributed by atoms with E-state index in [1.807, 2.05) is 6.07 Å². The van der Waals surface area contributed by atoms with Gasteiger partial charge in [0, 0.05) is 26.6 Å². The standard InChI is InChI=1S/C20H28N4O2/c1-4-15(2)26-20-7-5-6-17(10-20)13-23-8-9-24-19(14-23)11-18(22-24)12-21-16(3)25/h5-7,10-11,15H,4,8-9,12-14H2,1-3H3,(H,21,25)/t15-/m0/s1. The van der Waals surface area contributed by atoms with Gasteiger partial charge in [0.2, 0.25) is 5.91 Å². The van der Waals surface area contributed by atoms with E-state index < -0.39 is 0 Å². The first-order chi connectivity index (χ1) is 12.5. The van der Waals surface area contributed by atoms with Crippen LogP contribution in [0.15, 0.2) is 30.3 Å². The lowest BCUT2D eigenvalue weighted by Gasteiger charge is -2.27. The molecule has 0 fully saturated rings. The Bertz CT molecular complexity index is 756. The zero-order chi connectivity index (χ0) is 18.5. The van der Waals surface area contributed by atoms with Crippen LogP contribution in [-0.2, 0) is 31.0 Å². The normalized spacial score (nSPS) is 15.3. The van der Waals surface area contributed by atoms with E-state index >= 15 is 0 Å². The number of carbonyl (C=O) groups excluding carboxylic acids is 1. The van der Waals surface area contributed by atoms with Crippen LogP contribution in [0.1, 0.15) is 44.1 Å². The van der Waals surface area contributed by atoms with Crippen LogP contribution in [0.5, 0.6) is 5.75 Å². The molecular formula is C20H28N4O2. The zero-order valence-corrected chi connectivity index (χ0v) is 15.9. The maximum absolute atomic E-state index is 11.1. The van der Waals surface area contributed by atoms with Crippen molar-refractivity contribution in [3.8, 4) is 5.75 Å². The SMILES string of the molecule is CC[C@H](C)Oc1cccc(CN2CCn3nc(CNC(C)=O)cc3C2)c1. The average Bonchev–Trinajstić information content (AvgIpc) is 3.02. The zero-order valence-electron chi connectivity index (χ0n) is 15.9. The molecule has 1 aliphatic rings. The van der Waals surface area contributed by atoms with Gasteiger partial charge in [-0.25, -0.2) is 0 Å². The van der Waals surface area contributed by atoms with Crippen molar-refractivity contribution in [2.75, 3.05) is 6.54 Å². The number of rotatable bonds is 7. The molecule has 0 unspecified atom stereocenters. The van der Waals surface area contributed by atoms with E-state index in [0.717, 1.165) is 44.0 Å². The monoisotopic (exact) mass is 356 g/mol. The summed E-state index contributed by atoms with van der Waals surface area (Å²) in [7, 11) is 0. The van der Waals surface area contributed by atoms with E-state index in [4.69, 9.17) is 4.74 Å². The predicted octanol–water partition coefficient (Wildman–Crippen LogP) is 2.71. The Morgan fingerprint density at radius 1 is 1.35 bits per heavy atom. The van der Waals surface area contributed by atoms with Gasteiger partial charge in [-0.05, 0) is 37.1 Å². The Morgan fingerprint density at radius 3 is 2.96 bits per heavy atom. The molecule has 0 bridgehead atoms. The average molecular weight is 356 g/mol. The Morgan fingerprint density at radius 2 is 2.19 bits per heavy atom. The van der Waals surface area contributed by atoms with Crippen LogP contribution in [0, 0.1) is 0 Å². The highest BCUT2D eigenvalue weighted by atomic mass is 16.5. The highest BCUT2D eigenvalue weighted by molar-refractivity contribution is 5.72. The second kappa shape index (κ2) is 8.36. The molecule has 0 radical (unpaired) electrons. The number of aromatic nitrogens is 2. The summed E-state index contributed by atoms with van der Waals surface area (Å²) in [5.41, 5.74) is 3.38. The molecule has 2 heterocycles. The summed E-state index contributed by atoms with van der Waals surface area (Å²) in [4.78, 5) is 13.5. The highest BCUT2D eigenvalue weighted by Crippen LogP contribution is 2.20. The Labute approximate surface area is 155 Å². The minimum absolute atomic E-state index is 0.0305. The summed E-state index contributed by atoms with van der Waals surface area (Å²) in [6.07, 6.45) is 1.23. The number of nitrogens with zero attached hydrogens (tertiary/aromatic N) is 3. The minimum Gasteiger partial charge on any atom is -0.491 e. The summed E-state index contributed by atoms with van der Waals surface area (Å²) in [6, 6.07) is 10.5. The molecule has 1 aromatic carbocycles. The van der Waals surface area contributed by atoms with Gasteiger partial charge in [0.05, 0.1) is 30.6 Å².